The number of amides is 1. The number of aryl methyl sites for hydroxylation is 1. The number of benzene rings is 4. The lowest BCUT2D eigenvalue weighted by Gasteiger charge is -2.22. The van der Waals surface area contributed by atoms with Gasteiger partial charge in [0.25, 0.3) is 0 Å². The second kappa shape index (κ2) is 11.1. The van der Waals surface area contributed by atoms with Gasteiger partial charge in [0.15, 0.2) is 0 Å². The number of aromatic amines is 1. The topological polar surface area (TPSA) is 44.9 Å². The molecule has 0 saturated heterocycles. The van der Waals surface area contributed by atoms with E-state index in [4.69, 9.17) is 0 Å². The van der Waals surface area contributed by atoms with Crippen LogP contribution in [0.3, 0.4) is 0 Å². The molecule has 180 valence electrons. The molecule has 1 heterocycles. The number of hydrogen-bond acceptors (Lipinski definition) is 1. The molecule has 1 aromatic heterocycles. The van der Waals surface area contributed by atoms with Crippen LogP contribution in [-0.2, 0) is 17.6 Å². The highest BCUT2D eigenvalue weighted by Gasteiger charge is 2.24. The smallest absolute Gasteiger partial charge is 0.221 e. The third-order valence-electron chi connectivity index (χ3n) is 7.00. The predicted octanol–water partition coefficient (Wildman–Crippen LogP) is 7.35. The van der Waals surface area contributed by atoms with Crippen molar-refractivity contribution in [3.05, 3.63) is 143 Å². The van der Waals surface area contributed by atoms with Crippen molar-refractivity contribution in [1.82, 2.24) is 10.3 Å². The summed E-state index contributed by atoms with van der Waals surface area (Å²) in [4.78, 5) is 17.1. The van der Waals surface area contributed by atoms with Gasteiger partial charge in [0.1, 0.15) is 0 Å². The Bertz CT molecular complexity index is 1410. The Morgan fingerprint density at radius 2 is 1.42 bits per heavy atom. The van der Waals surface area contributed by atoms with E-state index in [2.05, 4.69) is 90.2 Å². The van der Waals surface area contributed by atoms with Crippen LogP contribution in [0.1, 0.15) is 53.1 Å². The van der Waals surface area contributed by atoms with Crippen molar-refractivity contribution >= 4 is 16.8 Å². The Hall–Kier alpha value is -4.11. The Morgan fingerprint density at radius 3 is 2.08 bits per heavy atom. The van der Waals surface area contributed by atoms with Gasteiger partial charge in [-0.25, -0.2) is 0 Å². The van der Waals surface area contributed by atoms with E-state index >= 15 is 0 Å². The Balaban J connectivity index is 1.45. The fraction of sp³-hybridized carbons (Fsp3) is 0.182. The number of H-pyrrole nitrogens is 1. The van der Waals surface area contributed by atoms with E-state index in [-0.39, 0.29) is 17.9 Å². The maximum Gasteiger partial charge on any atom is 0.221 e. The average Bonchev–Trinajstić information content (AvgIpc) is 3.37. The van der Waals surface area contributed by atoms with Crippen molar-refractivity contribution in [3.8, 4) is 0 Å². The highest BCUT2D eigenvalue weighted by molar-refractivity contribution is 5.88. The normalized spacial score (nSPS) is 12.8. The number of para-hydroxylation sites is 1. The highest BCUT2D eigenvalue weighted by Crippen LogP contribution is 2.35. The molecule has 0 aliphatic heterocycles. The first kappa shape index (κ1) is 23.6. The van der Waals surface area contributed by atoms with Crippen molar-refractivity contribution in [2.24, 2.45) is 0 Å². The first-order valence-corrected chi connectivity index (χ1v) is 12.7. The molecule has 0 fully saturated rings. The minimum absolute atomic E-state index is 0.0415. The summed E-state index contributed by atoms with van der Waals surface area (Å²) in [5.41, 5.74) is 7.10. The summed E-state index contributed by atoms with van der Waals surface area (Å²) < 4.78 is 0. The molecule has 0 saturated carbocycles. The van der Waals surface area contributed by atoms with E-state index in [1.165, 1.54) is 27.6 Å². The van der Waals surface area contributed by atoms with Gasteiger partial charge in [-0.05, 0) is 40.7 Å². The quantitative estimate of drug-likeness (QED) is 0.231. The van der Waals surface area contributed by atoms with Gasteiger partial charge in [0.05, 0.1) is 6.04 Å². The molecule has 2 atom stereocenters. The minimum Gasteiger partial charge on any atom is -0.361 e. The van der Waals surface area contributed by atoms with Crippen LogP contribution in [0.25, 0.3) is 10.9 Å². The van der Waals surface area contributed by atoms with Crippen LogP contribution in [0, 0.1) is 0 Å². The monoisotopic (exact) mass is 472 g/mol. The van der Waals surface area contributed by atoms with Gasteiger partial charge in [-0.2, -0.15) is 0 Å². The molecular formula is C33H32N2O. The van der Waals surface area contributed by atoms with Crippen molar-refractivity contribution in [3.63, 3.8) is 0 Å². The van der Waals surface area contributed by atoms with Crippen LogP contribution >= 0.6 is 0 Å². The zero-order valence-electron chi connectivity index (χ0n) is 20.7. The molecule has 3 heteroatoms. The SMILES string of the molecule is CCc1cccc2c(C(CC(=O)NC(Cc3ccccc3)c3ccccc3)c3ccccc3)c[nH]c12. The van der Waals surface area contributed by atoms with Gasteiger partial charge in [-0.3, -0.25) is 4.79 Å². The Labute approximate surface area is 213 Å². The van der Waals surface area contributed by atoms with Gasteiger partial charge in [-0.15, -0.1) is 0 Å². The maximum absolute atomic E-state index is 13.6. The second-order valence-electron chi connectivity index (χ2n) is 9.33. The third kappa shape index (κ3) is 5.26. The molecule has 2 unspecified atom stereocenters. The van der Waals surface area contributed by atoms with Gasteiger partial charge in [-0.1, -0.05) is 116 Å². The highest BCUT2D eigenvalue weighted by atomic mass is 16.1. The van der Waals surface area contributed by atoms with Crippen LogP contribution in [0.5, 0.6) is 0 Å². The summed E-state index contributed by atoms with van der Waals surface area (Å²) >= 11 is 0. The lowest BCUT2D eigenvalue weighted by molar-refractivity contribution is -0.122. The number of carbonyl (C=O) groups excluding carboxylic acids is 1. The number of aromatic nitrogens is 1. The molecule has 0 radical (unpaired) electrons. The van der Waals surface area contributed by atoms with E-state index in [1.807, 2.05) is 42.5 Å². The third-order valence-corrected chi connectivity index (χ3v) is 7.00. The number of fused-ring (bicyclic) bond motifs is 1. The molecule has 2 N–H and O–H groups in total. The summed E-state index contributed by atoms with van der Waals surface area (Å²) in [5, 5.41) is 4.56. The van der Waals surface area contributed by atoms with E-state index in [0.717, 1.165) is 24.0 Å². The van der Waals surface area contributed by atoms with Crippen LogP contribution in [-0.4, -0.2) is 10.9 Å². The summed E-state index contributed by atoms with van der Waals surface area (Å²) in [7, 11) is 0. The summed E-state index contributed by atoms with van der Waals surface area (Å²) in [6, 6.07) is 37.3. The number of carbonyl (C=O) groups is 1. The van der Waals surface area contributed by atoms with Crippen LogP contribution in [0.2, 0.25) is 0 Å². The fourth-order valence-corrected chi connectivity index (χ4v) is 5.14. The summed E-state index contributed by atoms with van der Waals surface area (Å²) in [5.74, 6) is 0.00911. The maximum atomic E-state index is 13.6. The van der Waals surface area contributed by atoms with Gasteiger partial charge >= 0.3 is 0 Å². The number of nitrogens with one attached hydrogen (secondary N) is 2. The fourth-order valence-electron chi connectivity index (χ4n) is 5.14. The van der Waals surface area contributed by atoms with E-state index in [1.54, 1.807) is 0 Å². The molecule has 0 aliphatic carbocycles. The summed E-state index contributed by atoms with van der Waals surface area (Å²) in [6.45, 7) is 2.17. The molecular weight excluding hydrogens is 440 g/mol. The Kier molecular flexibility index (Phi) is 7.28. The lowest BCUT2D eigenvalue weighted by Crippen LogP contribution is -2.31. The molecule has 36 heavy (non-hydrogen) atoms. The van der Waals surface area contributed by atoms with Gasteiger partial charge < -0.3 is 10.3 Å². The molecule has 5 rings (SSSR count). The number of hydrogen-bond donors (Lipinski definition) is 2. The predicted molar refractivity (Wildman–Crippen MR) is 148 cm³/mol. The minimum atomic E-state index is -0.0906. The van der Waals surface area contributed by atoms with E-state index in [0.29, 0.717) is 6.42 Å². The molecule has 1 amide bonds. The van der Waals surface area contributed by atoms with Gasteiger partial charge in [0, 0.05) is 29.4 Å². The molecule has 0 bridgehead atoms. The van der Waals surface area contributed by atoms with E-state index in [9.17, 15) is 4.79 Å². The first-order chi connectivity index (χ1) is 17.7. The van der Waals surface area contributed by atoms with Crippen molar-refractivity contribution in [2.75, 3.05) is 0 Å². The molecule has 3 nitrogen and oxygen atoms in total. The first-order valence-electron chi connectivity index (χ1n) is 12.7. The van der Waals surface area contributed by atoms with E-state index < -0.39 is 0 Å². The van der Waals surface area contributed by atoms with Gasteiger partial charge in [0.2, 0.25) is 5.91 Å². The molecule has 4 aromatic carbocycles. The van der Waals surface area contributed by atoms with Crippen LogP contribution in [0.4, 0.5) is 0 Å². The zero-order valence-corrected chi connectivity index (χ0v) is 20.7. The number of rotatable bonds is 9. The van der Waals surface area contributed by atoms with Crippen LogP contribution in [0.15, 0.2) is 115 Å². The molecule has 5 aromatic rings. The zero-order chi connectivity index (χ0) is 24.7. The van der Waals surface area contributed by atoms with Crippen molar-refractivity contribution in [1.29, 1.82) is 0 Å². The molecule has 0 aliphatic rings. The average molecular weight is 473 g/mol. The van der Waals surface area contributed by atoms with Crippen LogP contribution < -0.4 is 5.32 Å². The Morgan fingerprint density at radius 1 is 0.778 bits per heavy atom. The standard InChI is InChI=1S/C33H32N2O/c1-2-25-19-12-20-28-30(23-34-33(25)28)29(26-15-8-4-9-16-26)22-32(36)35-31(27-17-10-5-11-18-27)21-24-13-6-3-7-14-24/h3-20,23,29,31,34H,2,21-22H2,1H3,(H,35,36). The second-order valence-corrected chi connectivity index (χ2v) is 9.33. The van der Waals surface area contributed by atoms with Crippen molar-refractivity contribution < 1.29 is 4.79 Å². The summed E-state index contributed by atoms with van der Waals surface area (Å²) in [6.07, 6.45) is 4.18. The largest absolute Gasteiger partial charge is 0.361 e. The molecule has 0 spiro atoms. The van der Waals surface area contributed by atoms with Crippen molar-refractivity contribution in [2.45, 2.75) is 38.1 Å². The lowest BCUT2D eigenvalue weighted by atomic mass is 9.87.